The lowest BCUT2D eigenvalue weighted by Crippen LogP contribution is -2.14. The SMILES string of the molecule is O=S(=O)(Nc1cc(-n2ccnc2)ncn1)c1cccnc1. The molecule has 0 atom stereocenters. The molecule has 1 N–H and O–H groups in total. The molecular weight excluding hydrogens is 292 g/mol. The molecule has 0 bridgehead atoms. The Morgan fingerprint density at radius 2 is 2.05 bits per heavy atom. The predicted octanol–water partition coefficient (Wildman–Crippen LogP) is 0.858. The highest BCUT2D eigenvalue weighted by Crippen LogP contribution is 2.14. The van der Waals surface area contributed by atoms with Gasteiger partial charge in [-0.05, 0) is 12.1 Å². The molecule has 3 aromatic rings. The van der Waals surface area contributed by atoms with E-state index in [2.05, 4.69) is 24.7 Å². The zero-order valence-electron chi connectivity index (χ0n) is 10.7. The first-order valence-corrected chi connectivity index (χ1v) is 7.37. The van der Waals surface area contributed by atoms with Gasteiger partial charge in [0.05, 0.1) is 0 Å². The molecule has 8 nitrogen and oxygen atoms in total. The summed E-state index contributed by atoms with van der Waals surface area (Å²) in [6.07, 6.45) is 8.89. The van der Waals surface area contributed by atoms with E-state index in [4.69, 9.17) is 0 Å². The normalized spacial score (nSPS) is 11.2. The molecule has 0 unspecified atom stereocenters. The minimum Gasteiger partial charge on any atom is -0.290 e. The van der Waals surface area contributed by atoms with Crippen molar-refractivity contribution in [2.24, 2.45) is 0 Å². The number of nitrogens with zero attached hydrogens (tertiary/aromatic N) is 5. The Balaban J connectivity index is 1.91. The van der Waals surface area contributed by atoms with E-state index in [0.29, 0.717) is 5.82 Å². The van der Waals surface area contributed by atoms with Gasteiger partial charge in [0.15, 0.2) is 0 Å². The second kappa shape index (κ2) is 5.29. The summed E-state index contributed by atoms with van der Waals surface area (Å²) < 4.78 is 28.4. The van der Waals surface area contributed by atoms with E-state index in [9.17, 15) is 8.42 Å². The van der Waals surface area contributed by atoms with Crippen molar-refractivity contribution in [2.45, 2.75) is 4.90 Å². The first kappa shape index (κ1) is 13.2. The average Bonchev–Trinajstić information content (AvgIpc) is 3.02. The summed E-state index contributed by atoms with van der Waals surface area (Å²) in [4.78, 5) is 15.7. The van der Waals surface area contributed by atoms with Crippen LogP contribution in [-0.2, 0) is 10.0 Å². The Morgan fingerprint density at radius 3 is 2.76 bits per heavy atom. The quantitative estimate of drug-likeness (QED) is 0.766. The molecule has 3 aromatic heterocycles. The zero-order chi connectivity index (χ0) is 14.7. The molecule has 3 rings (SSSR count). The van der Waals surface area contributed by atoms with Crippen LogP contribution in [0.2, 0.25) is 0 Å². The first-order chi connectivity index (χ1) is 10.1. The van der Waals surface area contributed by atoms with Crippen LogP contribution in [0.1, 0.15) is 0 Å². The van der Waals surface area contributed by atoms with Crippen LogP contribution in [-0.4, -0.2) is 32.9 Å². The fraction of sp³-hybridized carbons (Fsp3) is 0. The minimum absolute atomic E-state index is 0.0628. The number of hydrogen-bond donors (Lipinski definition) is 1. The second-order valence-corrected chi connectivity index (χ2v) is 5.71. The zero-order valence-corrected chi connectivity index (χ0v) is 11.5. The highest BCUT2D eigenvalue weighted by Gasteiger charge is 2.15. The van der Waals surface area contributed by atoms with Gasteiger partial charge < -0.3 is 0 Å². The number of anilines is 1. The second-order valence-electron chi connectivity index (χ2n) is 4.03. The lowest BCUT2D eigenvalue weighted by Gasteiger charge is -2.08. The van der Waals surface area contributed by atoms with Crippen molar-refractivity contribution in [3.63, 3.8) is 0 Å². The maximum Gasteiger partial charge on any atom is 0.264 e. The highest BCUT2D eigenvalue weighted by atomic mass is 32.2. The fourth-order valence-corrected chi connectivity index (χ4v) is 2.60. The molecule has 0 saturated heterocycles. The molecule has 0 fully saturated rings. The van der Waals surface area contributed by atoms with Crippen LogP contribution in [0.5, 0.6) is 0 Å². The fourth-order valence-electron chi connectivity index (χ4n) is 1.64. The average molecular weight is 302 g/mol. The van der Waals surface area contributed by atoms with E-state index in [1.807, 2.05) is 0 Å². The predicted molar refractivity (Wildman–Crippen MR) is 74.2 cm³/mol. The molecule has 9 heteroatoms. The molecule has 0 aliphatic carbocycles. The van der Waals surface area contributed by atoms with Gasteiger partial charge in [-0.2, -0.15) is 0 Å². The molecule has 0 spiro atoms. The molecule has 0 saturated carbocycles. The lowest BCUT2D eigenvalue weighted by atomic mass is 10.5. The van der Waals surface area contributed by atoms with Crippen molar-refractivity contribution in [1.29, 1.82) is 0 Å². The number of aromatic nitrogens is 5. The van der Waals surface area contributed by atoms with Crippen molar-refractivity contribution in [3.8, 4) is 5.82 Å². The first-order valence-electron chi connectivity index (χ1n) is 5.88. The number of nitrogens with one attached hydrogen (secondary N) is 1. The molecule has 0 aliphatic rings. The van der Waals surface area contributed by atoms with Crippen molar-refractivity contribution < 1.29 is 8.42 Å². The Labute approximate surface area is 120 Å². The monoisotopic (exact) mass is 302 g/mol. The molecule has 0 amide bonds. The standard InChI is InChI=1S/C12H10N6O2S/c19-21(20,10-2-1-3-13-7-10)17-11-6-12(16-8-15-11)18-5-4-14-9-18/h1-9H,(H,15,16,17). The molecule has 3 heterocycles. The van der Waals surface area contributed by atoms with E-state index >= 15 is 0 Å². The van der Waals surface area contributed by atoms with Gasteiger partial charge in [0, 0.05) is 30.9 Å². The van der Waals surface area contributed by atoms with Gasteiger partial charge in [-0.3, -0.25) is 14.3 Å². The Bertz CT molecular complexity index is 833. The topological polar surface area (TPSA) is 103 Å². The van der Waals surface area contributed by atoms with Crippen LogP contribution in [0.15, 0.2) is 60.5 Å². The number of imidazole rings is 1. The van der Waals surface area contributed by atoms with Crippen molar-refractivity contribution in [1.82, 2.24) is 24.5 Å². The molecule has 0 aliphatic heterocycles. The summed E-state index contributed by atoms with van der Waals surface area (Å²) >= 11 is 0. The summed E-state index contributed by atoms with van der Waals surface area (Å²) in [5.41, 5.74) is 0. The third-order valence-corrected chi connectivity index (χ3v) is 3.95. The van der Waals surface area contributed by atoms with Gasteiger partial charge in [-0.15, -0.1) is 0 Å². The molecule has 0 radical (unpaired) electrons. The maximum atomic E-state index is 12.2. The van der Waals surface area contributed by atoms with Crippen LogP contribution >= 0.6 is 0 Å². The van der Waals surface area contributed by atoms with Crippen LogP contribution < -0.4 is 4.72 Å². The smallest absolute Gasteiger partial charge is 0.264 e. The highest BCUT2D eigenvalue weighted by molar-refractivity contribution is 7.92. The van der Waals surface area contributed by atoms with Crippen molar-refractivity contribution in [3.05, 3.63) is 55.6 Å². The number of pyridine rings is 1. The van der Waals surface area contributed by atoms with E-state index < -0.39 is 10.0 Å². The van der Waals surface area contributed by atoms with E-state index in [1.54, 1.807) is 29.4 Å². The molecule has 21 heavy (non-hydrogen) atoms. The maximum absolute atomic E-state index is 12.2. The number of hydrogen-bond acceptors (Lipinski definition) is 6. The van der Waals surface area contributed by atoms with Gasteiger partial charge in [0.2, 0.25) is 0 Å². The summed E-state index contributed by atoms with van der Waals surface area (Å²) in [6.45, 7) is 0. The number of sulfonamides is 1. The summed E-state index contributed by atoms with van der Waals surface area (Å²) in [7, 11) is -3.73. The van der Waals surface area contributed by atoms with Crippen LogP contribution in [0.4, 0.5) is 5.82 Å². The van der Waals surface area contributed by atoms with Crippen LogP contribution in [0.3, 0.4) is 0 Å². The van der Waals surface area contributed by atoms with E-state index in [0.717, 1.165) is 0 Å². The lowest BCUT2D eigenvalue weighted by molar-refractivity contribution is 0.600. The minimum atomic E-state index is -3.73. The van der Waals surface area contributed by atoms with Gasteiger partial charge >= 0.3 is 0 Å². The number of rotatable bonds is 4. The summed E-state index contributed by atoms with van der Waals surface area (Å²) in [6, 6.07) is 4.51. The Hall–Kier alpha value is -2.81. The largest absolute Gasteiger partial charge is 0.290 e. The van der Waals surface area contributed by atoms with Crippen LogP contribution in [0, 0.1) is 0 Å². The van der Waals surface area contributed by atoms with Gasteiger partial charge in [-0.1, -0.05) is 0 Å². The third-order valence-electron chi connectivity index (χ3n) is 2.61. The van der Waals surface area contributed by atoms with Crippen molar-refractivity contribution >= 4 is 15.8 Å². The van der Waals surface area contributed by atoms with E-state index in [-0.39, 0.29) is 10.7 Å². The molecule has 0 aromatic carbocycles. The summed E-state index contributed by atoms with van der Waals surface area (Å²) in [5.74, 6) is 0.670. The van der Waals surface area contributed by atoms with Gasteiger partial charge in [-0.25, -0.2) is 23.4 Å². The van der Waals surface area contributed by atoms with Gasteiger partial charge in [0.1, 0.15) is 29.2 Å². The van der Waals surface area contributed by atoms with Gasteiger partial charge in [0.25, 0.3) is 10.0 Å². The summed E-state index contributed by atoms with van der Waals surface area (Å²) in [5, 5.41) is 0. The Kier molecular flexibility index (Phi) is 3.32. The molecular formula is C12H10N6O2S. The van der Waals surface area contributed by atoms with Crippen LogP contribution in [0.25, 0.3) is 5.82 Å². The third kappa shape index (κ3) is 2.87. The van der Waals surface area contributed by atoms with E-state index in [1.165, 1.54) is 30.9 Å². The Morgan fingerprint density at radius 1 is 1.14 bits per heavy atom. The molecule has 106 valence electrons. The van der Waals surface area contributed by atoms with Crippen molar-refractivity contribution in [2.75, 3.05) is 4.72 Å².